The Bertz CT molecular complexity index is 355. The van der Waals surface area contributed by atoms with E-state index in [0.717, 1.165) is 0 Å². The zero-order valence-electron chi connectivity index (χ0n) is 8.29. The van der Waals surface area contributed by atoms with Gasteiger partial charge in [0, 0.05) is 18.3 Å². The quantitative estimate of drug-likeness (QED) is 0.781. The Labute approximate surface area is 86.7 Å². The van der Waals surface area contributed by atoms with Crippen LogP contribution in [0.4, 0.5) is 10.1 Å². The van der Waals surface area contributed by atoms with Gasteiger partial charge in [-0.15, -0.1) is 0 Å². The Morgan fingerprint density at radius 3 is 2.93 bits per heavy atom. The molecule has 1 aromatic rings. The lowest BCUT2D eigenvalue weighted by molar-refractivity contribution is -0.136. The van der Waals surface area contributed by atoms with Crippen LogP contribution in [-0.4, -0.2) is 24.7 Å². The molecule has 0 unspecified atom stereocenters. The predicted octanol–water partition coefficient (Wildman–Crippen LogP) is 1.72. The highest BCUT2D eigenvalue weighted by Gasteiger charge is 2.03. The Morgan fingerprint density at radius 1 is 1.60 bits per heavy atom. The Morgan fingerprint density at radius 2 is 2.33 bits per heavy atom. The fourth-order valence-electron chi connectivity index (χ4n) is 1.08. The zero-order chi connectivity index (χ0) is 11.3. The second kappa shape index (κ2) is 5.19. The number of rotatable bonds is 5. The van der Waals surface area contributed by atoms with Gasteiger partial charge in [0.1, 0.15) is 0 Å². The standard InChI is InChI=1S/C10H12FNO3/c1-15-9-6-7(2-3-8(9)11)12-5-4-10(13)14/h2-3,6,12H,4-5H2,1H3,(H,13,14). The molecule has 0 bridgehead atoms. The fourth-order valence-corrected chi connectivity index (χ4v) is 1.08. The molecule has 82 valence electrons. The van der Waals surface area contributed by atoms with Crippen LogP contribution in [0.2, 0.25) is 0 Å². The molecule has 0 aliphatic heterocycles. The first kappa shape index (κ1) is 11.3. The molecule has 0 spiro atoms. The molecule has 0 atom stereocenters. The van der Waals surface area contributed by atoms with Crippen molar-refractivity contribution in [2.24, 2.45) is 0 Å². The normalized spacial score (nSPS) is 9.73. The van der Waals surface area contributed by atoms with Crippen LogP contribution in [0.25, 0.3) is 0 Å². The van der Waals surface area contributed by atoms with Gasteiger partial charge in [-0.1, -0.05) is 0 Å². The van der Waals surface area contributed by atoms with Crippen molar-refractivity contribution in [3.8, 4) is 5.75 Å². The van der Waals surface area contributed by atoms with E-state index in [1.807, 2.05) is 0 Å². The molecule has 0 fully saturated rings. The predicted molar refractivity (Wildman–Crippen MR) is 53.7 cm³/mol. The van der Waals surface area contributed by atoms with Crippen molar-refractivity contribution >= 4 is 11.7 Å². The van der Waals surface area contributed by atoms with E-state index in [0.29, 0.717) is 12.2 Å². The molecule has 1 aromatic carbocycles. The summed E-state index contributed by atoms with van der Waals surface area (Å²) in [5.74, 6) is -1.19. The van der Waals surface area contributed by atoms with Gasteiger partial charge in [-0.25, -0.2) is 4.39 Å². The number of hydrogen-bond donors (Lipinski definition) is 2. The molecule has 0 aliphatic carbocycles. The van der Waals surface area contributed by atoms with Crippen LogP contribution in [0, 0.1) is 5.82 Å². The molecule has 1 rings (SSSR count). The van der Waals surface area contributed by atoms with Gasteiger partial charge in [0.15, 0.2) is 11.6 Å². The number of hydrogen-bond acceptors (Lipinski definition) is 3. The van der Waals surface area contributed by atoms with Crippen LogP contribution in [0.3, 0.4) is 0 Å². The number of ether oxygens (including phenoxy) is 1. The van der Waals surface area contributed by atoms with E-state index in [9.17, 15) is 9.18 Å². The monoisotopic (exact) mass is 213 g/mol. The van der Waals surface area contributed by atoms with Gasteiger partial charge >= 0.3 is 5.97 Å². The molecule has 0 heterocycles. The summed E-state index contributed by atoms with van der Waals surface area (Å²) in [6, 6.07) is 4.28. The third-order valence-corrected chi connectivity index (χ3v) is 1.82. The maximum absolute atomic E-state index is 13.0. The SMILES string of the molecule is COc1cc(NCCC(=O)O)ccc1F. The van der Waals surface area contributed by atoms with Crippen LogP contribution in [0.1, 0.15) is 6.42 Å². The van der Waals surface area contributed by atoms with E-state index in [1.165, 1.54) is 25.3 Å². The third kappa shape index (κ3) is 3.46. The average Bonchev–Trinajstić information content (AvgIpc) is 2.20. The molecule has 4 nitrogen and oxygen atoms in total. The molecule has 0 aliphatic rings. The number of aliphatic carboxylic acids is 1. The zero-order valence-corrected chi connectivity index (χ0v) is 8.29. The van der Waals surface area contributed by atoms with E-state index in [-0.39, 0.29) is 12.2 Å². The lowest BCUT2D eigenvalue weighted by Crippen LogP contribution is -2.07. The van der Waals surface area contributed by atoms with E-state index in [2.05, 4.69) is 5.32 Å². The second-order valence-corrected chi connectivity index (χ2v) is 2.92. The van der Waals surface area contributed by atoms with Gasteiger partial charge < -0.3 is 15.2 Å². The summed E-state index contributed by atoms with van der Waals surface area (Å²) in [5, 5.41) is 11.3. The molecular formula is C10H12FNO3. The lowest BCUT2D eigenvalue weighted by atomic mass is 10.3. The average molecular weight is 213 g/mol. The summed E-state index contributed by atoms with van der Waals surface area (Å²) in [4.78, 5) is 10.2. The summed E-state index contributed by atoms with van der Waals surface area (Å²) < 4.78 is 17.8. The number of nitrogens with one attached hydrogen (secondary N) is 1. The molecule has 2 N–H and O–H groups in total. The Balaban J connectivity index is 2.58. The van der Waals surface area contributed by atoms with Crippen molar-refractivity contribution in [3.05, 3.63) is 24.0 Å². The number of carboxylic acid groups (broad SMARTS) is 1. The molecular weight excluding hydrogens is 201 g/mol. The lowest BCUT2D eigenvalue weighted by Gasteiger charge is -2.07. The Kier molecular flexibility index (Phi) is 3.91. The van der Waals surface area contributed by atoms with E-state index in [1.54, 1.807) is 0 Å². The highest BCUT2D eigenvalue weighted by Crippen LogP contribution is 2.21. The number of methoxy groups -OCH3 is 1. The van der Waals surface area contributed by atoms with Gasteiger partial charge in [0.05, 0.1) is 13.5 Å². The van der Waals surface area contributed by atoms with Gasteiger partial charge in [-0.2, -0.15) is 0 Å². The van der Waals surface area contributed by atoms with Crippen molar-refractivity contribution in [1.29, 1.82) is 0 Å². The first-order chi connectivity index (χ1) is 7.13. The van der Waals surface area contributed by atoms with Gasteiger partial charge in [-0.05, 0) is 12.1 Å². The second-order valence-electron chi connectivity index (χ2n) is 2.92. The van der Waals surface area contributed by atoms with E-state index in [4.69, 9.17) is 9.84 Å². The van der Waals surface area contributed by atoms with Gasteiger partial charge in [-0.3, -0.25) is 4.79 Å². The van der Waals surface area contributed by atoms with Crippen LogP contribution in [0.5, 0.6) is 5.75 Å². The van der Waals surface area contributed by atoms with Crippen molar-refractivity contribution in [2.75, 3.05) is 19.0 Å². The topological polar surface area (TPSA) is 58.6 Å². The smallest absolute Gasteiger partial charge is 0.305 e. The molecule has 15 heavy (non-hydrogen) atoms. The van der Waals surface area contributed by atoms with Crippen LogP contribution >= 0.6 is 0 Å². The molecule has 0 aromatic heterocycles. The van der Waals surface area contributed by atoms with Crippen LogP contribution < -0.4 is 10.1 Å². The maximum atomic E-state index is 13.0. The largest absolute Gasteiger partial charge is 0.494 e. The van der Waals surface area contributed by atoms with Crippen LogP contribution in [0.15, 0.2) is 18.2 Å². The summed E-state index contributed by atoms with van der Waals surface area (Å²) in [5.41, 5.74) is 0.634. The number of benzene rings is 1. The summed E-state index contributed by atoms with van der Waals surface area (Å²) in [7, 11) is 1.37. The number of carbonyl (C=O) groups is 1. The minimum atomic E-state index is -0.878. The van der Waals surface area contributed by atoms with Crippen molar-refractivity contribution in [3.63, 3.8) is 0 Å². The van der Waals surface area contributed by atoms with Gasteiger partial charge in [0.2, 0.25) is 0 Å². The highest BCUT2D eigenvalue weighted by atomic mass is 19.1. The van der Waals surface area contributed by atoms with E-state index < -0.39 is 11.8 Å². The summed E-state index contributed by atoms with van der Waals surface area (Å²) >= 11 is 0. The first-order valence-corrected chi connectivity index (χ1v) is 4.42. The Hall–Kier alpha value is -1.78. The molecule has 0 amide bonds. The highest BCUT2D eigenvalue weighted by molar-refractivity contribution is 5.67. The minimum Gasteiger partial charge on any atom is -0.494 e. The molecule has 0 radical (unpaired) electrons. The summed E-state index contributed by atoms with van der Waals surface area (Å²) in [6.45, 7) is 0.296. The minimum absolute atomic E-state index is 0.0136. The molecule has 0 saturated carbocycles. The maximum Gasteiger partial charge on any atom is 0.305 e. The van der Waals surface area contributed by atoms with Crippen molar-refractivity contribution < 1.29 is 19.0 Å². The number of carboxylic acids is 1. The summed E-state index contributed by atoms with van der Waals surface area (Å²) in [6.07, 6.45) is 0.0136. The van der Waals surface area contributed by atoms with E-state index >= 15 is 0 Å². The number of anilines is 1. The molecule has 5 heteroatoms. The van der Waals surface area contributed by atoms with Gasteiger partial charge in [0.25, 0.3) is 0 Å². The third-order valence-electron chi connectivity index (χ3n) is 1.82. The molecule has 0 saturated heterocycles. The van der Waals surface area contributed by atoms with Crippen molar-refractivity contribution in [1.82, 2.24) is 0 Å². The fraction of sp³-hybridized carbons (Fsp3) is 0.300. The van der Waals surface area contributed by atoms with Crippen molar-refractivity contribution in [2.45, 2.75) is 6.42 Å². The van der Waals surface area contributed by atoms with Crippen LogP contribution in [-0.2, 0) is 4.79 Å². The number of halogens is 1. The first-order valence-electron chi connectivity index (χ1n) is 4.42.